The van der Waals surface area contributed by atoms with Crippen molar-refractivity contribution in [3.05, 3.63) is 11.8 Å². The molecular formula is C6H10F2N2. The lowest BCUT2D eigenvalue weighted by atomic mass is 10.5. The average molecular weight is 148 g/mol. The number of aliphatic imine (C=N–C) groups is 1. The molecule has 0 aromatic heterocycles. The molecule has 0 atom stereocenters. The van der Waals surface area contributed by atoms with E-state index in [1.807, 2.05) is 0 Å². The molecule has 0 bridgehead atoms. The second-order valence-corrected chi connectivity index (χ2v) is 1.82. The Morgan fingerprint density at radius 3 is 2.70 bits per heavy atom. The maximum absolute atomic E-state index is 11.4. The van der Waals surface area contributed by atoms with E-state index in [0.29, 0.717) is 5.70 Å². The van der Waals surface area contributed by atoms with E-state index in [-0.39, 0.29) is 0 Å². The number of allylic oxidation sites excluding steroid dienone is 2. The lowest BCUT2D eigenvalue weighted by Crippen LogP contribution is -1.95. The highest BCUT2D eigenvalue weighted by Gasteiger charge is 1.95. The number of nitrogens with zero attached hydrogens (tertiary/aromatic N) is 1. The SMILES string of the molecule is CC(N)=CC=NCC(F)F. The van der Waals surface area contributed by atoms with Crippen LogP contribution in [0.1, 0.15) is 6.92 Å². The smallest absolute Gasteiger partial charge is 0.257 e. The molecule has 0 saturated carbocycles. The average Bonchev–Trinajstić information content (AvgIpc) is 1.79. The zero-order chi connectivity index (χ0) is 7.98. The van der Waals surface area contributed by atoms with Crippen LogP contribution in [0.4, 0.5) is 8.78 Å². The molecule has 2 nitrogen and oxygen atoms in total. The summed E-state index contributed by atoms with van der Waals surface area (Å²) < 4.78 is 22.8. The highest BCUT2D eigenvalue weighted by atomic mass is 19.3. The fourth-order valence-corrected chi connectivity index (χ4v) is 0.311. The van der Waals surface area contributed by atoms with Gasteiger partial charge in [-0.1, -0.05) is 0 Å². The molecule has 0 aliphatic carbocycles. The molecule has 0 spiro atoms. The third-order valence-electron chi connectivity index (χ3n) is 0.686. The van der Waals surface area contributed by atoms with Gasteiger partial charge in [0.25, 0.3) is 6.43 Å². The van der Waals surface area contributed by atoms with E-state index < -0.39 is 13.0 Å². The molecule has 10 heavy (non-hydrogen) atoms. The Labute approximate surface area is 58.4 Å². The lowest BCUT2D eigenvalue weighted by molar-refractivity contribution is 0.159. The maximum atomic E-state index is 11.4. The van der Waals surface area contributed by atoms with Crippen molar-refractivity contribution in [2.75, 3.05) is 6.54 Å². The van der Waals surface area contributed by atoms with Gasteiger partial charge in [0.15, 0.2) is 0 Å². The standard InChI is InChI=1S/C6H10F2N2/c1-5(9)2-3-10-4-6(7)8/h2-3,6H,4,9H2,1H3. The van der Waals surface area contributed by atoms with Crippen LogP contribution in [-0.2, 0) is 0 Å². The summed E-state index contributed by atoms with van der Waals surface area (Å²) in [5, 5.41) is 0. The minimum Gasteiger partial charge on any atom is -0.402 e. The van der Waals surface area contributed by atoms with Gasteiger partial charge >= 0.3 is 0 Å². The van der Waals surface area contributed by atoms with E-state index in [4.69, 9.17) is 5.73 Å². The number of halogens is 2. The van der Waals surface area contributed by atoms with Gasteiger partial charge in [-0.15, -0.1) is 0 Å². The Kier molecular flexibility index (Phi) is 4.45. The fraction of sp³-hybridized carbons (Fsp3) is 0.500. The molecule has 0 saturated heterocycles. The largest absolute Gasteiger partial charge is 0.402 e. The van der Waals surface area contributed by atoms with E-state index in [1.54, 1.807) is 6.92 Å². The summed E-state index contributed by atoms with van der Waals surface area (Å²) in [6, 6.07) is 0. The second-order valence-electron chi connectivity index (χ2n) is 1.82. The first kappa shape index (κ1) is 9.07. The van der Waals surface area contributed by atoms with Crippen LogP contribution in [0.3, 0.4) is 0 Å². The molecule has 0 aromatic carbocycles. The van der Waals surface area contributed by atoms with Crippen LogP contribution in [-0.4, -0.2) is 19.2 Å². The fourth-order valence-electron chi connectivity index (χ4n) is 0.311. The van der Waals surface area contributed by atoms with Gasteiger partial charge in [-0.2, -0.15) is 0 Å². The second kappa shape index (κ2) is 4.90. The molecule has 0 amide bonds. The van der Waals surface area contributed by atoms with E-state index in [9.17, 15) is 8.78 Å². The van der Waals surface area contributed by atoms with Crippen LogP contribution < -0.4 is 5.73 Å². The maximum Gasteiger partial charge on any atom is 0.257 e. The van der Waals surface area contributed by atoms with Crippen LogP contribution in [0.5, 0.6) is 0 Å². The number of nitrogens with two attached hydrogens (primary N) is 1. The molecule has 0 unspecified atom stereocenters. The zero-order valence-corrected chi connectivity index (χ0v) is 5.72. The quantitative estimate of drug-likeness (QED) is 0.600. The highest BCUT2D eigenvalue weighted by molar-refractivity contribution is 5.71. The van der Waals surface area contributed by atoms with Crippen molar-refractivity contribution in [1.29, 1.82) is 0 Å². The summed E-state index contributed by atoms with van der Waals surface area (Å²) >= 11 is 0. The highest BCUT2D eigenvalue weighted by Crippen LogP contribution is 1.90. The Hall–Kier alpha value is -0.930. The molecule has 0 radical (unpaired) electrons. The number of alkyl halides is 2. The van der Waals surface area contributed by atoms with Crippen LogP contribution in [0.25, 0.3) is 0 Å². The predicted octanol–water partition coefficient (Wildman–Crippen LogP) is 1.18. The summed E-state index contributed by atoms with van der Waals surface area (Å²) in [6.45, 7) is 1.21. The molecule has 0 aromatic rings. The summed E-state index contributed by atoms with van der Waals surface area (Å²) in [4.78, 5) is 3.38. The first-order valence-electron chi connectivity index (χ1n) is 2.83. The van der Waals surface area contributed by atoms with Crippen molar-refractivity contribution in [2.45, 2.75) is 13.3 Å². The third-order valence-corrected chi connectivity index (χ3v) is 0.686. The normalized spacial score (nSPS) is 13.4. The molecule has 4 heteroatoms. The minimum absolute atomic E-state index is 0.455. The Morgan fingerprint density at radius 2 is 2.30 bits per heavy atom. The molecule has 58 valence electrons. The topological polar surface area (TPSA) is 38.4 Å². The van der Waals surface area contributed by atoms with Gasteiger partial charge in [-0.3, -0.25) is 4.99 Å². The monoisotopic (exact) mass is 148 g/mol. The van der Waals surface area contributed by atoms with Gasteiger partial charge in [0.05, 0.1) is 6.54 Å². The first-order valence-corrected chi connectivity index (χ1v) is 2.83. The van der Waals surface area contributed by atoms with Crippen molar-refractivity contribution in [2.24, 2.45) is 10.7 Å². The molecule has 0 rings (SSSR count). The summed E-state index contributed by atoms with van der Waals surface area (Å²) in [6.07, 6.45) is 0.381. The van der Waals surface area contributed by atoms with E-state index in [2.05, 4.69) is 4.99 Å². The van der Waals surface area contributed by atoms with Crippen molar-refractivity contribution < 1.29 is 8.78 Å². The first-order chi connectivity index (χ1) is 4.63. The number of hydrogen-bond acceptors (Lipinski definition) is 2. The zero-order valence-electron chi connectivity index (χ0n) is 5.72. The minimum atomic E-state index is -2.37. The number of hydrogen-bond donors (Lipinski definition) is 1. The van der Waals surface area contributed by atoms with Gasteiger partial charge in [-0.05, 0) is 13.0 Å². The molecular weight excluding hydrogens is 138 g/mol. The Morgan fingerprint density at radius 1 is 1.70 bits per heavy atom. The van der Waals surface area contributed by atoms with Gasteiger partial charge in [0, 0.05) is 11.9 Å². The van der Waals surface area contributed by atoms with Crippen molar-refractivity contribution >= 4 is 6.21 Å². The molecule has 2 N–H and O–H groups in total. The van der Waals surface area contributed by atoms with Crippen LogP contribution >= 0.6 is 0 Å². The lowest BCUT2D eigenvalue weighted by Gasteiger charge is -1.88. The van der Waals surface area contributed by atoms with Gasteiger partial charge in [0.1, 0.15) is 0 Å². The van der Waals surface area contributed by atoms with Crippen molar-refractivity contribution in [3.8, 4) is 0 Å². The van der Waals surface area contributed by atoms with E-state index >= 15 is 0 Å². The summed E-state index contributed by atoms with van der Waals surface area (Å²) in [5.41, 5.74) is 5.75. The molecule has 0 fully saturated rings. The van der Waals surface area contributed by atoms with E-state index in [1.165, 1.54) is 12.3 Å². The Balaban J connectivity index is 3.48. The van der Waals surface area contributed by atoms with Gasteiger partial charge in [0.2, 0.25) is 0 Å². The van der Waals surface area contributed by atoms with Crippen molar-refractivity contribution in [1.82, 2.24) is 0 Å². The number of rotatable bonds is 3. The van der Waals surface area contributed by atoms with Gasteiger partial charge < -0.3 is 5.73 Å². The van der Waals surface area contributed by atoms with Gasteiger partial charge in [-0.25, -0.2) is 8.78 Å². The predicted molar refractivity (Wildman–Crippen MR) is 37.3 cm³/mol. The van der Waals surface area contributed by atoms with E-state index in [0.717, 1.165) is 0 Å². The molecule has 0 heterocycles. The summed E-state index contributed by atoms with van der Waals surface area (Å²) in [5.74, 6) is 0. The van der Waals surface area contributed by atoms with Crippen molar-refractivity contribution in [3.63, 3.8) is 0 Å². The van der Waals surface area contributed by atoms with Crippen LogP contribution in [0.2, 0.25) is 0 Å². The summed E-state index contributed by atoms with van der Waals surface area (Å²) in [7, 11) is 0. The van der Waals surface area contributed by atoms with Crippen LogP contribution in [0.15, 0.2) is 16.8 Å². The van der Waals surface area contributed by atoms with Crippen LogP contribution in [0, 0.1) is 0 Å². The molecule has 0 aliphatic heterocycles. The Bertz CT molecular complexity index is 137. The third kappa shape index (κ3) is 7.07. The molecule has 0 aliphatic rings.